The first-order valence-electron chi connectivity index (χ1n) is 4.57. The van der Waals surface area contributed by atoms with Crippen LogP contribution in [0.5, 0.6) is 5.75 Å². The summed E-state index contributed by atoms with van der Waals surface area (Å²) in [6.45, 7) is 2.60. The number of nitrogens with zero attached hydrogens (tertiary/aromatic N) is 1. The van der Waals surface area contributed by atoms with Crippen molar-refractivity contribution in [3.05, 3.63) is 18.2 Å². The summed E-state index contributed by atoms with van der Waals surface area (Å²) in [5, 5.41) is 0. The summed E-state index contributed by atoms with van der Waals surface area (Å²) in [4.78, 5) is 4.28. The Bertz CT molecular complexity index is 507. The summed E-state index contributed by atoms with van der Waals surface area (Å²) >= 11 is 1.45. The van der Waals surface area contributed by atoms with Crippen LogP contribution in [0.15, 0.2) is 22.5 Å². The molecule has 0 spiro atoms. The average Bonchev–Trinajstić information content (AvgIpc) is 2.61. The molecule has 0 bridgehead atoms. The van der Waals surface area contributed by atoms with Gasteiger partial charge in [-0.1, -0.05) is 0 Å². The van der Waals surface area contributed by atoms with E-state index in [0.29, 0.717) is 10.9 Å². The van der Waals surface area contributed by atoms with E-state index in [0.717, 1.165) is 16.0 Å². The Morgan fingerprint density at radius 1 is 1.53 bits per heavy atom. The smallest absolute Gasteiger partial charge is 0.181 e. The van der Waals surface area contributed by atoms with Crippen LogP contribution in [-0.4, -0.2) is 22.1 Å². The highest BCUT2D eigenvalue weighted by atomic mass is 32.2. The third-order valence-corrected chi connectivity index (χ3v) is 4.25. The molecular formula is C10H11NO2S2. The highest BCUT2D eigenvalue weighted by Gasteiger charge is 2.07. The predicted octanol–water partition coefficient (Wildman–Crippen LogP) is 2.43. The molecule has 0 amide bonds. The molecule has 0 saturated heterocycles. The molecule has 1 atom stereocenters. The van der Waals surface area contributed by atoms with Gasteiger partial charge in [-0.15, -0.1) is 11.3 Å². The second-order valence-electron chi connectivity index (χ2n) is 3.00. The number of thiazole rings is 1. The van der Waals surface area contributed by atoms with Crippen LogP contribution < -0.4 is 4.74 Å². The SMILES string of the molecule is CCOc1ccc2nc(S(C)=O)sc2c1. The molecule has 1 aromatic heterocycles. The lowest BCUT2D eigenvalue weighted by atomic mass is 10.3. The lowest BCUT2D eigenvalue weighted by Gasteiger charge is -2.00. The van der Waals surface area contributed by atoms with Gasteiger partial charge in [0.25, 0.3) is 0 Å². The van der Waals surface area contributed by atoms with Gasteiger partial charge in [-0.3, -0.25) is 4.21 Å². The summed E-state index contributed by atoms with van der Waals surface area (Å²) in [6.07, 6.45) is 1.64. The van der Waals surface area contributed by atoms with Crippen LogP contribution in [0, 0.1) is 0 Å². The van der Waals surface area contributed by atoms with Gasteiger partial charge in [0.05, 0.1) is 27.6 Å². The van der Waals surface area contributed by atoms with E-state index in [1.54, 1.807) is 6.26 Å². The molecule has 1 heterocycles. The molecule has 0 fully saturated rings. The van der Waals surface area contributed by atoms with Crippen molar-refractivity contribution in [2.24, 2.45) is 0 Å². The number of aromatic nitrogens is 1. The van der Waals surface area contributed by atoms with E-state index < -0.39 is 10.8 Å². The minimum Gasteiger partial charge on any atom is -0.494 e. The number of fused-ring (bicyclic) bond motifs is 1. The van der Waals surface area contributed by atoms with Gasteiger partial charge in [-0.2, -0.15) is 0 Å². The fourth-order valence-electron chi connectivity index (χ4n) is 1.26. The van der Waals surface area contributed by atoms with Gasteiger partial charge in [-0.05, 0) is 25.1 Å². The van der Waals surface area contributed by atoms with E-state index in [1.165, 1.54) is 11.3 Å². The van der Waals surface area contributed by atoms with Gasteiger partial charge in [0, 0.05) is 6.26 Å². The molecule has 0 aliphatic carbocycles. The highest BCUT2D eigenvalue weighted by molar-refractivity contribution is 7.86. The first-order chi connectivity index (χ1) is 7.20. The van der Waals surface area contributed by atoms with E-state index in [-0.39, 0.29) is 0 Å². The topological polar surface area (TPSA) is 39.2 Å². The summed E-state index contributed by atoms with van der Waals surface area (Å²) < 4.78 is 18.3. The van der Waals surface area contributed by atoms with Gasteiger partial charge < -0.3 is 4.74 Å². The molecule has 0 aliphatic heterocycles. The first kappa shape index (κ1) is 10.6. The maximum atomic E-state index is 11.3. The molecule has 0 aliphatic rings. The lowest BCUT2D eigenvalue weighted by molar-refractivity contribution is 0.341. The maximum Gasteiger partial charge on any atom is 0.181 e. The van der Waals surface area contributed by atoms with Crippen LogP contribution in [0.4, 0.5) is 0 Å². The summed E-state index contributed by atoms with van der Waals surface area (Å²) in [5.74, 6) is 0.835. The van der Waals surface area contributed by atoms with Gasteiger partial charge in [0.1, 0.15) is 5.75 Å². The second kappa shape index (κ2) is 4.28. The first-order valence-corrected chi connectivity index (χ1v) is 6.95. The second-order valence-corrected chi connectivity index (χ2v) is 5.58. The maximum absolute atomic E-state index is 11.3. The molecule has 0 saturated carbocycles. The van der Waals surface area contributed by atoms with Crippen LogP contribution in [0.3, 0.4) is 0 Å². The predicted molar refractivity (Wildman–Crippen MR) is 63.1 cm³/mol. The normalized spacial score (nSPS) is 12.9. The number of hydrogen-bond acceptors (Lipinski definition) is 4. The molecule has 2 aromatic rings. The molecular weight excluding hydrogens is 230 g/mol. The van der Waals surface area contributed by atoms with E-state index in [2.05, 4.69) is 4.98 Å². The van der Waals surface area contributed by atoms with Crippen LogP contribution >= 0.6 is 11.3 Å². The molecule has 5 heteroatoms. The standard InChI is InChI=1S/C10H11NO2S2/c1-3-13-7-4-5-8-9(6-7)14-10(11-8)15(2)12/h4-6H,3H2,1-2H3. The van der Waals surface area contributed by atoms with Crippen molar-refractivity contribution < 1.29 is 8.95 Å². The van der Waals surface area contributed by atoms with Crippen molar-refractivity contribution in [1.29, 1.82) is 0 Å². The monoisotopic (exact) mass is 241 g/mol. The summed E-state index contributed by atoms with van der Waals surface area (Å²) in [5.41, 5.74) is 0.883. The van der Waals surface area contributed by atoms with E-state index in [4.69, 9.17) is 4.74 Å². The molecule has 1 aromatic carbocycles. The van der Waals surface area contributed by atoms with Crippen molar-refractivity contribution in [1.82, 2.24) is 4.98 Å². The lowest BCUT2D eigenvalue weighted by Crippen LogP contribution is -1.89. The Hall–Kier alpha value is -0.940. The van der Waals surface area contributed by atoms with E-state index in [9.17, 15) is 4.21 Å². The van der Waals surface area contributed by atoms with Crippen molar-refractivity contribution in [3.63, 3.8) is 0 Å². The van der Waals surface area contributed by atoms with Gasteiger partial charge in [-0.25, -0.2) is 4.98 Å². The largest absolute Gasteiger partial charge is 0.494 e. The van der Waals surface area contributed by atoms with Crippen LogP contribution in [0.2, 0.25) is 0 Å². The molecule has 0 radical (unpaired) electrons. The molecule has 2 rings (SSSR count). The van der Waals surface area contributed by atoms with E-state index in [1.807, 2.05) is 25.1 Å². The Labute approximate surface area is 94.6 Å². The Morgan fingerprint density at radius 3 is 3.00 bits per heavy atom. The zero-order chi connectivity index (χ0) is 10.8. The van der Waals surface area contributed by atoms with Crippen LogP contribution in [-0.2, 0) is 10.8 Å². The fraction of sp³-hybridized carbons (Fsp3) is 0.300. The van der Waals surface area contributed by atoms with Crippen molar-refractivity contribution >= 4 is 32.4 Å². The van der Waals surface area contributed by atoms with Crippen LogP contribution in [0.25, 0.3) is 10.2 Å². The quantitative estimate of drug-likeness (QED) is 0.828. The molecule has 15 heavy (non-hydrogen) atoms. The summed E-state index contributed by atoms with van der Waals surface area (Å²) in [6, 6.07) is 5.72. The van der Waals surface area contributed by atoms with Crippen LogP contribution in [0.1, 0.15) is 6.92 Å². The third kappa shape index (κ3) is 2.18. The zero-order valence-electron chi connectivity index (χ0n) is 8.52. The number of rotatable bonds is 3. The minimum atomic E-state index is -1.01. The molecule has 1 unspecified atom stereocenters. The third-order valence-electron chi connectivity index (χ3n) is 1.90. The Morgan fingerprint density at radius 2 is 2.33 bits per heavy atom. The molecule has 0 N–H and O–H groups in total. The van der Waals surface area contributed by atoms with Gasteiger partial charge in [0.2, 0.25) is 0 Å². The van der Waals surface area contributed by atoms with E-state index >= 15 is 0 Å². The van der Waals surface area contributed by atoms with Crippen molar-refractivity contribution in [2.45, 2.75) is 11.3 Å². The minimum absolute atomic E-state index is 0.650. The fourth-order valence-corrected chi connectivity index (χ4v) is 2.95. The van der Waals surface area contributed by atoms with Gasteiger partial charge in [0.15, 0.2) is 4.34 Å². The average molecular weight is 241 g/mol. The van der Waals surface area contributed by atoms with Crippen molar-refractivity contribution in [3.8, 4) is 5.75 Å². The number of benzene rings is 1. The van der Waals surface area contributed by atoms with Crippen molar-refractivity contribution in [2.75, 3.05) is 12.9 Å². The molecule has 80 valence electrons. The number of ether oxygens (including phenoxy) is 1. The zero-order valence-corrected chi connectivity index (χ0v) is 10.2. The Kier molecular flexibility index (Phi) is 3.02. The molecule has 3 nitrogen and oxygen atoms in total. The van der Waals surface area contributed by atoms with Gasteiger partial charge >= 0.3 is 0 Å². The number of hydrogen-bond donors (Lipinski definition) is 0. The highest BCUT2D eigenvalue weighted by Crippen LogP contribution is 2.27. The summed E-state index contributed by atoms with van der Waals surface area (Å²) in [7, 11) is -1.01. The Balaban J connectivity index is 2.47.